The highest BCUT2D eigenvalue weighted by Gasteiger charge is 2.12. The van der Waals surface area contributed by atoms with Gasteiger partial charge in [0, 0.05) is 0 Å². The Morgan fingerprint density at radius 2 is 2.05 bits per heavy atom. The molecule has 2 aromatic rings. The zero-order valence-electron chi connectivity index (χ0n) is 12.6. The number of unbranched alkanes of at least 4 members (excludes halogenated alkanes) is 2. The lowest BCUT2D eigenvalue weighted by atomic mass is 9.97. The Labute approximate surface area is 125 Å². The van der Waals surface area contributed by atoms with Gasteiger partial charge in [0.05, 0.1) is 18.8 Å². The summed E-state index contributed by atoms with van der Waals surface area (Å²) in [5.74, 6) is -0.336. The summed E-state index contributed by atoms with van der Waals surface area (Å²) in [7, 11) is 1.38. The topological polar surface area (TPSA) is 46.5 Å². The summed E-state index contributed by atoms with van der Waals surface area (Å²) in [6.45, 7) is 2.15. The highest BCUT2D eigenvalue weighted by Crippen LogP contribution is 2.26. The predicted molar refractivity (Wildman–Crippen MR) is 84.4 cm³/mol. The van der Waals surface area contributed by atoms with Crippen LogP contribution in [0.1, 0.15) is 54.6 Å². The highest BCUT2D eigenvalue weighted by molar-refractivity contribution is 6.04. The smallest absolute Gasteiger partial charge is 0.338 e. The Hall–Kier alpha value is -1.87. The molecule has 0 fully saturated rings. The molecular weight excluding hydrogens is 264 g/mol. The van der Waals surface area contributed by atoms with Crippen LogP contribution in [0.15, 0.2) is 36.4 Å². The maximum atomic E-state index is 11.7. The number of hydrogen-bond donors (Lipinski definition) is 1. The molecule has 0 spiro atoms. The Morgan fingerprint density at radius 3 is 2.76 bits per heavy atom. The van der Waals surface area contributed by atoms with Crippen LogP contribution < -0.4 is 0 Å². The van der Waals surface area contributed by atoms with E-state index in [1.165, 1.54) is 7.11 Å². The molecule has 0 bridgehead atoms. The van der Waals surface area contributed by atoms with Crippen LogP contribution >= 0.6 is 0 Å². The predicted octanol–water partition coefficient (Wildman–Crippen LogP) is 4.24. The van der Waals surface area contributed by atoms with E-state index in [1.54, 1.807) is 6.07 Å². The van der Waals surface area contributed by atoms with Crippen LogP contribution in [0, 0.1) is 0 Å². The molecule has 3 nitrogen and oxygen atoms in total. The van der Waals surface area contributed by atoms with E-state index < -0.39 is 6.10 Å². The number of ether oxygens (including phenoxy) is 1. The van der Waals surface area contributed by atoms with Crippen LogP contribution in [-0.4, -0.2) is 18.2 Å². The Kier molecular flexibility index (Phi) is 5.34. The van der Waals surface area contributed by atoms with Crippen LogP contribution in [0.25, 0.3) is 10.8 Å². The first kappa shape index (κ1) is 15.5. The molecule has 0 radical (unpaired) electrons. The Balaban J connectivity index is 2.28. The lowest BCUT2D eigenvalue weighted by molar-refractivity contribution is 0.0603. The van der Waals surface area contributed by atoms with Gasteiger partial charge in [0.25, 0.3) is 0 Å². The lowest BCUT2D eigenvalue weighted by Gasteiger charge is -2.12. The average molecular weight is 286 g/mol. The van der Waals surface area contributed by atoms with Gasteiger partial charge >= 0.3 is 5.97 Å². The molecule has 0 aliphatic carbocycles. The molecule has 2 aromatic carbocycles. The van der Waals surface area contributed by atoms with Crippen molar-refractivity contribution in [3.8, 4) is 0 Å². The summed E-state index contributed by atoms with van der Waals surface area (Å²) in [4.78, 5) is 11.7. The lowest BCUT2D eigenvalue weighted by Crippen LogP contribution is -2.02. The number of aliphatic hydroxyl groups is 1. The van der Waals surface area contributed by atoms with E-state index in [4.69, 9.17) is 4.74 Å². The maximum Gasteiger partial charge on any atom is 0.338 e. The van der Waals surface area contributed by atoms with Crippen LogP contribution in [-0.2, 0) is 4.74 Å². The second-order valence-electron chi connectivity index (χ2n) is 5.29. The second kappa shape index (κ2) is 7.23. The van der Waals surface area contributed by atoms with Gasteiger partial charge in [-0.2, -0.15) is 0 Å². The number of carbonyl (C=O) groups excluding carboxylic acids is 1. The van der Waals surface area contributed by atoms with Crippen molar-refractivity contribution >= 4 is 16.7 Å². The van der Waals surface area contributed by atoms with Gasteiger partial charge in [-0.25, -0.2) is 4.79 Å². The molecule has 0 aliphatic heterocycles. The van der Waals surface area contributed by atoms with Gasteiger partial charge in [-0.3, -0.25) is 0 Å². The zero-order chi connectivity index (χ0) is 15.2. The van der Waals surface area contributed by atoms with Crippen LogP contribution in [0.4, 0.5) is 0 Å². The third-order valence-corrected chi connectivity index (χ3v) is 3.78. The third-order valence-electron chi connectivity index (χ3n) is 3.78. The second-order valence-corrected chi connectivity index (χ2v) is 5.29. The fourth-order valence-corrected chi connectivity index (χ4v) is 2.55. The third kappa shape index (κ3) is 3.61. The van der Waals surface area contributed by atoms with E-state index >= 15 is 0 Å². The average Bonchev–Trinajstić information content (AvgIpc) is 2.53. The van der Waals surface area contributed by atoms with Crippen molar-refractivity contribution in [3.05, 3.63) is 47.5 Å². The SMILES string of the molecule is CCCCC[C@H](O)c1ccc2c(C(=O)OC)cccc2c1. The summed E-state index contributed by atoms with van der Waals surface area (Å²) in [5, 5.41) is 12.0. The summed E-state index contributed by atoms with van der Waals surface area (Å²) in [6.07, 6.45) is 3.64. The van der Waals surface area contributed by atoms with Gasteiger partial charge < -0.3 is 9.84 Å². The minimum Gasteiger partial charge on any atom is -0.465 e. The summed E-state index contributed by atoms with van der Waals surface area (Å²) < 4.78 is 4.80. The van der Waals surface area contributed by atoms with Gasteiger partial charge in [0.15, 0.2) is 0 Å². The first-order chi connectivity index (χ1) is 10.2. The highest BCUT2D eigenvalue weighted by atomic mass is 16.5. The number of methoxy groups -OCH3 is 1. The van der Waals surface area contributed by atoms with Crippen molar-refractivity contribution in [1.29, 1.82) is 0 Å². The summed E-state index contributed by atoms with van der Waals surface area (Å²) >= 11 is 0. The van der Waals surface area contributed by atoms with Crippen molar-refractivity contribution in [2.24, 2.45) is 0 Å². The van der Waals surface area contributed by atoms with E-state index in [-0.39, 0.29) is 5.97 Å². The fourth-order valence-electron chi connectivity index (χ4n) is 2.55. The Morgan fingerprint density at radius 1 is 1.24 bits per heavy atom. The molecule has 21 heavy (non-hydrogen) atoms. The largest absolute Gasteiger partial charge is 0.465 e. The molecule has 2 rings (SSSR count). The van der Waals surface area contributed by atoms with Gasteiger partial charge in [0.1, 0.15) is 0 Å². The molecular formula is C18H22O3. The number of rotatable bonds is 6. The number of hydrogen-bond acceptors (Lipinski definition) is 3. The fraction of sp³-hybridized carbons (Fsp3) is 0.389. The molecule has 0 aliphatic rings. The molecule has 3 heteroatoms. The minimum atomic E-state index is -0.442. The summed E-state index contributed by atoms with van der Waals surface area (Å²) in [5.41, 5.74) is 1.46. The molecule has 0 heterocycles. The number of carbonyl (C=O) groups is 1. The van der Waals surface area contributed by atoms with Gasteiger partial charge in [-0.05, 0) is 34.9 Å². The molecule has 0 unspecified atom stereocenters. The van der Waals surface area contributed by atoms with Crippen molar-refractivity contribution < 1.29 is 14.6 Å². The molecule has 1 atom stereocenters. The normalized spacial score (nSPS) is 12.3. The number of aliphatic hydroxyl groups excluding tert-OH is 1. The minimum absolute atomic E-state index is 0.336. The Bertz CT molecular complexity index is 619. The van der Waals surface area contributed by atoms with Gasteiger partial charge in [0.2, 0.25) is 0 Å². The van der Waals surface area contributed by atoms with Crippen molar-refractivity contribution in [3.63, 3.8) is 0 Å². The molecule has 0 amide bonds. The monoisotopic (exact) mass is 286 g/mol. The molecule has 112 valence electrons. The van der Waals surface area contributed by atoms with Gasteiger partial charge in [-0.15, -0.1) is 0 Å². The first-order valence-electron chi connectivity index (χ1n) is 7.46. The maximum absolute atomic E-state index is 11.7. The quantitative estimate of drug-likeness (QED) is 0.638. The number of benzene rings is 2. The molecule has 0 aromatic heterocycles. The number of esters is 1. The van der Waals surface area contributed by atoms with E-state index in [0.717, 1.165) is 42.0 Å². The standard InChI is InChI=1S/C18H22O3/c1-3-4-5-9-17(19)14-10-11-15-13(12-14)7-6-8-16(15)18(20)21-2/h6-8,10-12,17,19H,3-5,9H2,1-2H3/t17-/m0/s1. The van der Waals surface area contributed by atoms with E-state index in [0.29, 0.717) is 5.56 Å². The van der Waals surface area contributed by atoms with Gasteiger partial charge in [-0.1, -0.05) is 50.5 Å². The van der Waals surface area contributed by atoms with Crippen LogP contribution in [0.3, 0.4) is 0 Å². The van der Waals surface area contributed by atoms with Crippen molar-refractivity contribution in [1.82, 2.24) is 0 Å². The molecule has 0 saturated carbocycles. The molecule has 0 saturated heterocycles. The van der Waals surface area contributed by atoms with Crippen molar-refractivity contribution in [2.45, 2.75) is 38.7 Å². The van der Waals surface area contributed by atoms with Crippen LogP contribution in [0.5, 0.6) is 0 Å². The molecule has 1 N–H and O–H groups in total. The first-order valence-corrected chi connectivity index (χ1v) is 7.46. The summed E-state index contributed by atoms with van der Waals surface area (Å²) in [6, 6.07) is 11.3. The zero-order valence-corrected chi connectivity index (χ0v) is 12.6. The van der Waals surface area contributed by atoms with Crippen LogP contribution in [0.2, 0.25) is 0 Å². The van der Waals surface area contributed by atoms with Crippen molar-refractivity contribution in [2.75, 3.05) is 7.11 Å². The van der Waals surface area contributed by atoms with E-state index in [2.05, 4.69) is 6.92 Å². The number of fused-ring (bicyclic) bond motifs is 1. The van der Waals surface area contributed by atoms with E-state index in [1.807, 2.05) is 30.3 Å². The van der Waals surface area contributed by atoms with E-state index in [9.17, 15) is 9.90 Å².